The molecule has 1 aliphatic rings. The van der Waals surface area contributed by atoms with Crippen LogP contribution in [0.1, 0.15) is 36.5 Å². The van der Waals surface area contributed by atoms with Crippen molar-refractivity contribution >= 4 is 18.3 Å². The van der Waals surface area contributed by atoms with Crippen LogP contribution >= 0.6 is 12.4 Å². The van der Waals surface area contributed by atoms with Gasteiger partial charge in [-0.1, -0.05) is 6.92 Å². The number of carbonyl (C=O) groups is 1. The lowest BCUT2D eigenvalue weighted by Gasteiger charge is -2.34. The van der Waals surface area contributed by atoms with E-state index >= 15 is 0 Å². The zero-order valence-corrected chi connectivity index (χ0v) is 13.9. The lowest BCUT2D eigenvalue weighted by atomic mass is 10.0. The maximum atomic E-state index is 13.5. The molecule has 0 bridgehead atoms. The Morgan fingerprint density at radius 3 is 2.68 bits per heavy atom. The molecule has 4 nitrogen and oxygen atoms in total. The van der Waals surface area contributed by atoms with E-state index in [2.05, 4.69) is 12.2 Å². The summed E-state index contributed by atoms with van der Waals surface area (Å²) in [4.78, 5) is 14.7. The number of methoxy groups -OCH3 is 1. The minimum Gasteiger partial charge on any atom is -0.494 e. The Balaban J connectivity index is 0.00000242. The molecule has 6 heteroatoms. The minimum atomic E-state index is -0.446. The van der Waals surface area contributed by atoms with Gasteiger partial charge >= 0.3 is 0 Å². The molecule has 22 heavy (non-hydrogen) atoms. The van der Waals surface area contributed by atoms with Gasteiger partial charge in [0.05, 0.1) is 7.11 Å². The van der Waals surface area contributed by atoms with Crippen molar-refractivity contribution < 1.29 is 13.9 Å². The normalized spacial score (nSPS) is 15.0. The van der Waals surface area contributed by atoms with Crippen molar-refractivity contribution in [2.45, 2.75) is 32.2 Å². The number of nitrogens with zero attached hydrogens (tertiary/aromatic N) is 1. The molecular weight excluding hydrogens is 307 g/mol. The summed E-state index contributed by atoms with van der Waals surface area (Å²) in [6.45, 7) is 4.66. The molecule has 1 amide bonds. The predicted octanol–water partition coefficient (Wildman–Crippen LogP) is 2.86. The van der Waals surface area contributed by atoms with Crippen LogP contribution in [-0.2, 0) is 0 Å². The molecule has 0 saturated carbocycles. The number of carbonyl (C=O) groups excluding carboxylic acids is 1. The first-order valence-electron chi connectivity index (χ1n) is 7.52. The Labute approximate surface area is 137 Å². The molecule has 0 spiro atoms. The molecular formula is C16H24ClFN2O2. The third-order valence-electron chi connectivity index (χ3n) is 3.87. The lowest BCUT2D eigenvalue weighted by molar-refractivity contribution is 0.0642. The molecule has 0 unspecified atom stereocenters. The summed E-state index contributed by atoms with van der Waals surface area (Å²) in [5, 5.41) is 3.31. The summed E-state index contributed by atoms with van der Waals surface area (Å²) >= 11 is 0. The van der Waals surface area contributed by atoms with Crippen molar-refractivity contribution in [2.24, 2.45) is 0 Å². The highest BCUT2D eigenvalue weighted by Gasteiger charge is 2.26. The smallest absolute Gasteiger partial charge is 0.254 e. The van der Waals surface area contributed by atoms with Crippen LogP contribution in [0.5, 0.6) is 5.75 Å². The largest absolute Gasteiger partial charge is 0.494 e. The fraction of sp³-hybridized carbons (Fsp3) is 0.562. The summed E-state index contributed by atoms with van der Waals surface area (Å²) in [6.07, 6.45) is 2.84. The van der Waals surface area contributed by atoms with E-state index in [0.717, 1.165) is 38.9 Å². The number of rotatable bonds is 5. The van der Waals surface area contributed by atoms with Gasteiger partial charge in [-0.15, -0.1) is 12.4 Å². The minimum absolute atomic E-state index is 0. The maximum Gasteiger partial charge on any atom is 0.254 e. The zero-order valence-electron chi connectivity index (χ0n) is 13.1. The van der Waals surface area contributed by atoms with Crippen LogP contribution in [-0.4, -0.2) is 43.6 Å². The summed E-state index contributed by atoms with van der Waals surface area (Å²) < 4.78 is 18.4. The molecule has 2 rings (SSSR count). The Morgan fingerprint density at radius 2 is 2.09 bits per heavy atom. The molecule has 1 heterocycles. The van der Waals surface area contributed by atoms with Crippen LogP contribution in [0.4, 0.5) is 4.39 Å². The van der Waals surface area contributed by atoms with Gasteiger partial charge in [-0.2, -0.15) is 0 Å². The second-order valence-corrected chi connectivity index (χ2v) is 5.33. The number of ether oxygens (including phenoxy) is 1. The number of piperidine rings is 1. The average Bonchev–Trinajstić information content (AvgIpc) is 2.53. The van der Waals surface area contributed by atoms with Crippen LogP contribution in [0.3, 0.4) is 0 Å². The van der Waals surface area contributed by atoms with E-state index in [4.69, 9.17) is 4.74 Å². The SMILES string of the molecule is CCCN(C(=O)c1ccc(F)c(OC)c1)C1CCNCC1.Cl. The average molecular weight is 331 g/mol. The van der Waals surface area contributed by atoms with Crippen LogP contribution in [0.25, 0.3) is 0 Å². The standard InChI is InChI=1S/C16H23FN2O2.ClH/c1-3-10-19(13-6-8-18-9-7-13)16(20)12-4-5-14(17)15(11-12)21-2;/h4-5,11,13,18H,3,6-10H2,1-2H3;1H. The molecule has 1 aliphatic heterocycles. The molecule has 124 valence electrons. The first-order chi connectivity index (χ1) is 10.2. The zero-order chi connectivity index (χ0) is 15.2. The second kappa shape index (κ2) is 8.96. The van der Waals surface area contributed by atoms with Gasteiger partial charge in [0.25, 0.3) is 5.91 Å². The van der Waals surface area contributed by atoms with E-state index in [1.54, 1.807) is 0 Å². The summed E-state index contributed by atoms with van der Waals surface area (Å²) in [7, 11) is 1.41. The molecule has 1 aromatic rings. The molecule has 0 atom stereocenters. The van der Waals surface area contributed by atoms with Crippen LogP contribution in [0.15, 0.2) is 18.2 Å². The Hall–Kier alpha value is -1.33. The number of hydrogen-bond donors (Lipinski definition) is 1. The van der Waals surface area contributed by atoms with E-state index in [1.165, 1.54) is 25.3 Å². The number of halogens is 2. The van der Waals surface area contributed by atoms with Gasteiger partial charge < -0.3 is 15.0 Å². The molecule has 0 aliphatic carbocycles. The number of benzene rings is 1. The first kappa shape index (κ1) is 18.7. The van der Waals surface area contributed by atoms with Crippen LogP contribution in [0, 0.1) is 5.82 Å². The van der Waals surface area contributed by atoms with Gasteiger partial charge in [0.1, 0.15) is 0 Å². The highest BCUT2D eigenvalue weighted by molar-refractivity contribution is 5.94. The van der Waals surface area contributed by atoms with Gasteiger partial charge in [-0.25, -0.2) is 4.39 Å². The second-order valence-electron chi connectivity index (χ2n) is 5.33. The third kappa shape index (κ3) is 4.34. The van der Waals surface area contributed by atoms with Crippen molar-refractivity contribution in [2.75, 3.05) is 26.7 Å². The summed E-state index contributed by atoms with van der Waals surface area (Å²) in [5.41, 5.74) is 0.486. The Bertz CT molecular complexity index is 493. The molecule has 1 aromatic carbocycles. The fourth-order valence-corrected chi connectivity index (χ4v) is 2.77. The van der Waals surface area contributed by atoms with Gasteiger partial charge in [-0.3, -0.25) is 4.79 Å². The fourth-order valence-electron chi connectivity index (χ4n) is 2.77. The maximum absolute atomic E-state index is 13.5. The van der Waals surface area contributed by atoms with Crippen molar-refractivity contribution in [3.05, 3.63) is 29.6 Å². The van der Waals surface area contributed by atoms with E-state index in [1.807, 2.05) is 4.90 Å². The van der Waals surface area contributed by atoms with Crippen molar-refractivity contribution in [1.29, 1.82) is 0 Å². The summed E-state index contributed by atoms with van der Waals surface area (Å²) in [5.74, 6) is -0.373. The molecule has 0 radical (unpaired) electrons. The highest BCUT2D eigenvalue weighted by atomic mass is 35.5. The number of nitrogens with one attached hydrogen (secondary N) is 1. The molecule has 1 saturated heterocycles. The highest BCUT2D eigenvalue weighted by Crippen LogP contribution is 2.22. The van der Waals surface area contributed by atoms with Crippen molar-refractivity contribution in [3.8, 4) is 5.75 Å². The third-order valence-corrected chi connectivity index (χ3v) is 3.87. The quantitative estimate of drug-likeness (QED) is 0.902. The van der Waals surface area contributed by atoms with E-state index < -0.39 is 5.82 Å². The van der Waals surface area contributed by atoms with Gasteiger partial charge in [0.2, 0.25) is 0 Å². The molecule has 1 N–H and O–H groups in total. The van der Waals surface area contributed by atoms with E-state index in [0.29, 0.717) is 5.56 Å². The number of amides is 1. The van der Waals surface area contributed by atoms with Crippen LogP contribution in [0.2, 0.25) is 0 Å². The predicted molar refractivity (Wildman–Crippen MR) is 87.4 cm³/mol. The van der Waals surface area contributed by atoms with E-state index in [-0.39, 0.29) is 30.1 Å². The van der Waals surface area contributed by atoms with Gasteiger partial charge in [0, 0.05) is 18.2 Å². The topological polar surface area (TPSA) is 41.6 Å². The Morgan fingerprint density at radius 1 is 1.41 bits per heavy atom. The summed E-state index contributed by atoms with van der Waals surface area (Å²) in [6, 6.07) is 4.57. The molecule has 0 aromatic heterocycles. The van der Waals surface area contributed by atoms with Crippen LogP contribution < -0.4 is 10.1 Å². The first-order valence-corrected chi connectivity index (χ1v) is 7.52. The van der Waals surface area contributed by atoms with Crippen molar-refractivity contribution in [3.63, 3.8) is 0 Å². The van der Waals surface area contributed by atoms with Crippen molar-refractivity contribution in [1.82, 2.24) is 10.2 Å². The molecule has 1 fully saturated rings. The van der Waals surface area contributed by atoms with Gasteiger partial charge in [0.15, 0.2) is 11.6 Å². The van der Waals surface area contributed by atoms with E-state index in [9.17, 15) is 9.18 Å². The lowest BCUT2D eigenvalue weighted by Crippen LogP contribution is -2.46. The van der Waals surface area contributed by atoms with Gasteiger partial charge in [-0.05, 0) is 50.6 Å². The number of hydrogen-bond acceptors (Lipinski definition) is 3. The monoisotopic (exact) mass is 330 g/mol. The Kier molecular flexibility index (Phi) is 7.62.